The number of hydrogen-bond acceptors (Lipinski definition) is 6. The number of aryl methyl sites for hydroxylation is 2. The van der Waals surface area contributed by atoms with Crippen molar-refractivity contribution >= 4 is 29.0 Å². The number of rotatable bonds is 6. The maximum absolute atomic E-state index is 13.5. The van der Waals surface area contributed by atoms with Gasteiger partial charge in [-0.1, -0.05) is 23.5 Å². The Bertz CT molecular complexity index is 1000. The van der Waals surface area contributed by atoms with E-state index < -0.39 is 17.5 Å². The number of hydrogen-bond donors (Lipinski definition) is 1. The Balaban J connectivity index is 2.14. The highest BCUT2D eigenvalue weighted by Crippen LogP contribution is 2.31. The van der Waals surface area contributed by atoms with Gasteiger partial charge in [0.1, 0.15) is 11.5 Å². The molecule has 158 valence electrons. The molecule has 0 saturated heterocycles. The molecule has 7 nitrogen and oxygen atoms in total. The minimum Gasteiger partial charge on any atom is -0.464 e. The van der Waals surface area contributed by atoms with Gasteiger partial charge >= 0.3 is 0 Å². The molecule has 0 spiro atoms. The lowest BCUT2D eigenvalue weighted by Crippen LogP contribution is -2.49. The molecule has 2 amide bonds. The van der Waals surface area contributed by atoms with E-state index in [4.69, 9.17) is 4.42 Å². The molecule has 0 aliphatic heterocycles. The van der Waals surface area contributed by atoms with Crippen molar-refractivity contribution in [1.29, 1.82) is 0 Å². The molecule has 2 heterocycles. The Morgan fingerprint density at radius 1 is 1.17 bits per heavy atom. The second-order valence-corrected chi connectivity index (χ2v) is 8.69. The van der Waals surface area contributed by atoms with Crippen LogP contribution in [0.5, 0.6) is 0 Å². The Morgan fingerprint density at radius 2 is 1.87 bits per heavy atom. The van der Waals surface area contributed by atoms with E-state index in [2.05, 4.69) is 21.8 Å². The molecule has 1 N–H and O–H groups in total. The summed E-state index contributed by atoms with van der Waals surface area (Å²) in [6.07, 6.45) is 0.871. The fraction of sp³-hybridized carbons (Fsp3) is 0.364. The SMILES string of the molecule is CCc1ccc(N(C(=O)c2csnn2)[C@@H](C(=O)NC(C)(C)C)c2ccc(C)o2)cc1. The van der Waals surface area contributed by atoms with E-state index in [0.717, 1.165) is 23.5 Å². The Morgan fingerprint density at radius 3 is 2.37 bits per heavy atom. The van der Waals surface area contributed by atoms with Crippen LogP contribution in [0.2, 0.25) is 0 Å². The predicted molar refractivity (Wildman–Crippen MR) is 117 cm³/mol. The minimum atomic E-state index is -1.00. The number of benzene rings is 1. The van der Waals surface area contributed by atoms with Crippen molar-refractivity contribution in [2.24, 2.45) is 0 Å². The van der Waals surface area contributed by atoms with E-state index in [9.17, 15) is 9.59 Å². The zero-order chi connectivity index (χ0) is 21.9. The highest BCUT2D eigenvalue weighted by atomic mass is 32.1. The van der Waals surface area contributed by atoms with Crippen molar-refractivity contribution in [3.05, 3.63) is 64.6 Å². The monoisotopic (exact) mass is 426 g/mol. The summed E-state index contributed by atoms with van der Waals surface area (Å²) in [5, 5.41) is 8.47. The van der Waals surface area contributed by atoms with Crippen molar-refractivity contribution in [3.63, 3.8) is 0 Å². The third-order valence-electron chi connectivity index (χ3n) is 4.46. The lowest BCUT2D eigenvalue weighted by atomic mass is 10.0. The molecule has 1 atom stereocenters. The second kappa shape index (κ2) is 8.79. The molecule has 0 bridgehead atoms. The molecule has 3 aromatic rings. The summed E-state index contributed by atoms with van der Waals surface area (Å²) in [5.74, 6) is 0.275. The highest BCUT2D eigenvalue weighted by Gasteiger charge is 2.37. The molecule has 0 radical (unpaired) electrons. The fourth-order valence-electron chi connectivity index (χ4n) is 3.07. The predicted octanol–water partition coefficient (Wildman–Crippen LogP) is 4.30. The van der Waals surface area contributed by atoms with Crippen LogP contribution in [0.15, 0.2) is 46.2 Å². The third kappa shape index (κ3) is 4.94. The lowest BCUT2D eigenvalue weighted by molar-refractivity contribution is -0.124. The number of nitrogens with one attached hydrogen (secondary N) is 1. The smallest absolute Gasteiger partial charge is 0.280 e. The van der Waals surface area contributed by atoms with Gasteiger partial charge in [0.05, 0.1) is 0 Å². The van der Waals surface area contributed by atoms with Crippen molar-refractivity contribution < 1.29 is 14.0 Å². The van der Waals surface area contributed by atoms with E-state index in [-0.39, 0.29) is 11.6 Å². The van der Waals surface area contributed by atoms with Crippen LogP contribution in [0.1, 0.15) is 61.3 Å². The van der Waals surface area contributed by atoms with Crippen LogP contribution in [0.25, 0.3) is 0 Å². The molecule has 0 saturated carbocycles. The number of carbonyl (C=O) groups is 2. The molecule has 2 aromatic heterocycles. The molecule has 30 heavy (non-hydrogen) atoms. The van der Waals surface area contributed by atoms with Crippen molar-refractivity contribution in [2.75, 3.05) is 4.90 Å². The number of amides is 2. The third-order valence-corrected chi connectivity index (χ3v) is 4.96. The number of nitrogens with zero attached hydrogens (tertiary/aromatic N) is 3. The van der Waals surface area contributed by atoms with Gasteiger partial charge < -0.3 is 9.73 Å². The van der Waals surface area contributed by atoms with E-state index >= 15 is 0 Å². The minimum absolute atomic E-state index is 0.177. The molecular weight excluding hydrogens is 400 g/mol. The molecule has 8 heteroatoms. The molecule has 0 aliphatic carbocycles. The van der Waals surface area contributed by atoms with Gasteiger partial charge in [-0.15, -0.1) is 5.10 Å². The first-order valence-corrected chi connectivity index (χ1v) is 10.6. The molecule has 0 fully saturated rings. The van der Waals surface area contributed by atoms with Gasteiger partial charge in [-0.05, 0) is 75.5 Å². The van der Waals surface area contributed by atoms with Crippen molar-refractivity contribution in [1.82, 2.24) is 14.9 Å². The number of anilines is 1. The molecular formula is C22H26N4O3S. The van der Waals surface area contributed by atoms with Gasteiger partial charge in [-0.3, -0.25) is 14.5 Å². The van der Waals surface area contributed by atoms with E-state index in [0.29, 0.717) is 17.2 Å². The van der Waals surface area contributed by atoms with E-state index in [1.54, 1.807) is 24.4 Å². The average molecular weight is 427 g/mol. The van der Waals surface area contributed by atoms with Crippen molar-refractivity contribution in [2.45, 2.75) is 52.6 Å². The normalized spacial score (nSPS) is 12.4. The first kappa shape index (κ1) is 21.7. The van der Waals surface area contributed by atoms with Gasteiger partial charge in [-0.25, -0.2) is 0 Å². The van der Waals surface area contributed by atoms with Crippen LogP contribution in [0.3, 0.4) is 0 Å². The summed E-state index contributed by atoms with van der Waals surface area (Å²) < 4.78 is 9.62. The zero-order valence-corrected chi connectivity index (χ0v) is 18.6. The van der Waals surface area contributed by atoms with E-state index in [1.165, 1.54) is 4.90 Å². The van der Waals surface area contributed by atoms with Crippen LogP contribution in [0, 0.1) is 6.92 Å². The quantitative estimate of drug-likeness (QED) is 0.635. The van der Waals surface area contributed by atoms with Gasteiger partial charge in [0.25, 0.3) is 11.8 Å². The second-order valence-electron chi connectivity index (χ2n) is 8.08. The highest BCUT2D eigenvalue weighted by molar-refractivity contribution is 7.03. The van der Waals surface area contributed by atoms with Gasteiger partial charge in [0.15, 0.2) is 11.7 Å². The summed E-state index contributed by atoms with van der Waals surface area (Å²) in [5.41, 5.74) is 1.40. The summed E-state index contributed by atoms with van der Waals surface area (Å²) in [7, 11) is 0. The lowest BCUT2D eigenvalue weighted by Gasteiger charge is -2.32. The van der Waals surface area contributed by atoms with Crippen LogP contribution in [0.4, 0.5) is 5.69 Å². The number of carbonyl (C=O) groups excluding carboxylic acids is 2. The summed E-state index contributed by atoms with van der Waals surface area (Å²) in [6.45, 7) is 9.53. The van der Waals surface area contributed by atoms with Gasteiger partial charge in [0.2, 0.25) is 0 Å². The number of furan rings is 1. The topological polar surface area (TPSA) is 88.3 Å². The molecule has 0 unspecified atom stereocenters. The standard InChI is InChI=1S/C22H26N4O3S/c1-6-15-8-10-16(11-9-15)26(21(28)17-13-30-25-24-17)19(18-12-7-14(2)29-18)20(27)23-22(3,4)5/h7-13,19H,6H2,1-5H3,(H,23,27)/t19-/m1/s1. The van der Waals surface area contributed by atoms with Crippen LogP contribution < -0.4 is 10.2 Å². The molecule has 1 aromatic carbocycles. The van der Waals surface area contributed by atoms with Gasteiger partial charge in [-0.2, -0.15) is 0 Å². The Hall–Kier alpha value is -3.00. The van der Waals surface area contributed by atoms with Gasteiger partial charge in [0, 0.05) is 16.6 Å². The Kier molecular flexibility index (Phi) is 6.36. The first-order chi connectivity index (χ1) is 14.2. The van der Waals surface area contributed by atoms with Crippen LogP contribution >= 0.6 is 11.5 Å². The van der Waals surface area contributed by atoms with Crippen LogP contribution in [-0.2, 0) is 11.2 Å². The summed E-state index contributed by atoms with van der Waals surface area (Å²) in [4.78, 5) is 28.3. The van der Waals surface area contributed by atoms with Crippen molar-refractivity contribution in [3.8, 4) is 0 Å². The average Bonchev–Trinajstić information content (AvgIpc) is 3.36. The van der Waals surface area contributed by atoms with E-state index in [1.807, 2.05) is 45.0 Å². The summed E-state index contributed by atoms with van der Waals surface area (Å²) in [6, 6.07) is 10.1. The van der Waals surface area contributed by atoms with Crippen LogP contribution in [-0.4, -0.2) is 26.9 Å². The molecule has 3 rings (SSSR count). The zero-order valence-electron chi connectivity index (χ0n) is 17.8. The molecule has 0 aliphatic rings. The maximum atomic E-state index is 13.5. The largest absolute Gasteiger partial charge is 0.464 e. The maximum Gasteiger partial charge on any atom is 0.280 e. The Labute approximate surface area is 180 Å². The fourth-order valence-corrected chi connectivity index (χ4v) is 3.50. The summed E-state index contributed by atoms with van der Waals surface area (Å²) >= 11 is 1.08. The first-order valence-electron chi connectivity index (χ1n) is 9.77. The number of aromatic nitrogens is 2.